The zero-order chi connectivity index (χ0) is 31.2. The molecular formula is C33H26F3N7O2. The van der Waals surface area contributed by atoms with Gasteiger partial charge in [-0.1, -0.05) is 6.07 Å². The van der Waals surface area contributed by atoms with Gasteiger partial charge < -0.3 is 14.6 Å². The Morgan fingerprint density at radius 3 is 2.67 bits per heavy atom. The van der Waals surface area contributed by atoms with Crippen LogP contribution in [-0.2, 0) is 18.3 Å². The van der Waals surface area contributed by atoms with Crippen molar-refractivity contribution in [2.75, 3.05) is 18.1 Å². The van der Waals surface area contributed by atoms with E-state index < -0.39 is 12.4 Å². The van der Waals surface area contributed by atoms with E-state index in [1.165, 1.54) is 11.0 Å². The van der Waals surface area contributed by atoms with Crippen molar-refractivity contribution in [2.45, 2.75) is 31.9 Å². The molecule has 0 radical (unpaired) electrons. The predicted octanol–water partition coefficient (Wildman–Crippen LogP) is 6.21. The number of nitriles is 1. The lowest BCUT2D eigenvalue weighted by Crippen LogP contribution is -2.23. The summed E-state index contributed by atoms with van der Waals surface area (Å²) < 4.78 is 45.8. The zero-order valence-electron chi connectivity index (χ0n) is 24.1. The van der Waals surface area contributed by atoms with Crippen molar-refractivity contribution in [3.63, 3.8) is 0 Å². The third kappa shape index (κ3) is 5.30. The number of aromatic nitrogens is 4. The lowest BCUT2D eigenvalue weighted by Gasteiger charge is -2.20. The Morgan fingerprint density at radius 2 is 1.93 bits per heavy atom. The van der Waals surface area contributed by atoms with Gasteiger partial charge in [-0.15, -0.1) is 10.2 Å². The summed E-state index contributed by atoms with van der Waals surface area (Å²) in [5, 5.41) is 21.7. The summed E-state index contributed by atoms with van der Waals surface area (Å²) in [4.78, 5) is 20.6. The van der Waals surface area contributed by atoms with Gasteiger partial charge in [0.1, 0.15) is 18.0 Å². The number of hydrogen-bond donors (Lipinski definition) is 1. The fourth-order valence-electron chi connectivity index (χ4n) is 5.83. The molecule has 1 fully saturated rings. The Balaban J connectivity index is 1.31. The minimum absolute atomic E-state index is 0.159. The first-order valence-electron chi connectivity index (χ1n) is 14.4. The van der Waals surface area contributed by atoms with Gasteiger partial charge in [-0.25, -0.2) is 9.37 Å². The topological polar surface area (TPSA) is 109 Å². The van der Waals surface area contributed by atoms with Crippen LogP contribution in [0.3, 0.4) is 0 Å². The Labute approximate surface area is 255 Å². The molecule has 1 amide bonds. The Morgan fingerprint density at radius 1 is 1.09 bits per heavy atom. The first-order valence-corrected chi connectivity index (χ1v) is 14.4. The lowest BCUT2D eigenvalue weighted by molar-refractivity contribution is -0.127. The number of rotatable bonds is 10. The third-order valence-electron chi connectivity index (χ3n) is 8.09. The number of hydrogen-bond acceptors (Lipinski definition) is 7. The van der Waals surface area contributed by atoms with E-state index in [2.05, 4.69) is 26.3 Å². The molecule has 5 aromatic rings. The molecule has 2 aliphatic rings. The highest BCUT2D eigenvalue weighted by molar-refractivity contribution is 6.27. The van der Waals surface area contributed by atoms with Crippen LogP contribution in [0.2, 0.25) is 0 Å². The molecule has 0 spiro atoms. The summed E-state index contributed by atoms with van der Waals surface area (Å²) in [6.45, 7) is -2.65. The quantitative estimate of drug-likeness (QED) is 0.188. The molecule has 1 aliphatic heterocycles. The van der Waals surface area contributed by atoms with Crippen LogP contribution in [0.15, 0.2) is 60.9 Å². The maximum absolute atomic E-state index is 15.2. The smallest absolute Gasteiger partial charge is 0.322 e. The van der Waals surface area contributed by atoms with Gasteiger partial charge in [-0.2, -0.15) is 14.0 Å². The van der Waals surface area contributed by atoms with Crippen LogP contribution in [0.5, 0.6) is 0 Å². The van der Waals surface area contributed by atoms with Crippen molar-refractivity contribution >= 4 is 28.2 Å². The minimum Gasteiger partial charge on any atom is -0.322 e. The molecule has 1 saturated carbocycles. The second-order valence-electron chi connectivity index (χ2n) is 11.1. The van der Waals surface area contributed by atoms with Crippen molar-refractivity contribution in [1.29, 1.82) is 5.26 Å². The molecule has 1 N–H and O–H groups in total. The number of anilines is 2. The van der Waals surface area contributed by atoms with Gasteiger partial charge in [0, 0.05) is 48.1 Å². The number of nitrogens with one attached hydrogen (secondary N) is 1. The zero-order valence-corrected chi connectivity index (χ0v) is 24.1. The first kappa shape index (κ1) is 28.6. The average molecular weight is 610 g/mol. The second kappa shape index (κ2) is 11.4. The number of pyridine rings is 1. The van der Waals surface area contributed by atoms with Gasteiger partial charge in [0.15, 0.2) is 5.82 Å². The molecule has 226 valence electrons. The average Bonchev–Trinajstić information content (AvgIpc) is 3.74. The maximum atomic E-state index is 15.2. The number of ether oxygens (including phenoxy) is 1. The van der Waals surface area contributed by atoms with E-state index in [0.717, 1.165) is 29.7 Å². The molecule has 3 heterocycles. The number of aryl methyl sites for hydroxylation is 1. The van der Waals surface area contributed by atoms with E-state index in [0.29, 0.717) is 45.0 Å². The second-order valence-corrected chi connectivity index (χ2v) is 11.1. The summed E-state index contributed by atoms with van der Waals surface area (Å²) in [6.07, 6.45) is 3.55. The number of carbonyl (C=O) groups is 1. The van der Waals surface area contributed by atoms with Gasteiger partial charge >= 0.3 is 6.61 Å². The first-order chi connectivity index (χ1) is 21.8. The van der Waals surface area contributed by atoms with Crippen LogP contribution in [-0.4, -0.2) is 45.4 Å². The fraction of sp³-hybridized carbons (Fsp3) is 0.242. The number of carbonyl (C=O) groups excluding carboxylic acids is 1. The van der Waals surface area contributed by atoms with E-state index in [1.807, 2.05) is 25.2 Å². The predicted molar refractivity (Wildman–Crippen MR) is 160 cm³/mol. The van der Waals surface area contributed by atoms with Crippen LogP contribution in [0.1, 0.15) is 45.9 Å². The van der Waals surface area contributed by atoms with Gasteiger partial charge in [-0.05, 0) is 78.1 Å². The number of amides is 1. The molecule has 0 atom stereocenters. The largest absolute Gasteiger partial charge is 0.345 e. The van der Waals surface area contributed by atoms with Crippen molar-refractivity contribution < 1.29 is 22.7 Å². The molecule has 2 aromatic heterocycles. The Bertz CT molecular complexity index is 2020. The molecule has 45 heavy (non-hydrogen) atoms. The van der Waals surface area contributed by atoms with Gasteiger partial charge in [0.25, 0.3) is 5.91 Å². The maximum Gasteiger partial charge on any atom is 0.345 e. The van der Waals surface area contributed by atoms with Crippen LogP contribution in [0, 0.1) is 17.1 Å². The highest BCUT2D eigenvalue weighted by atomic mass is 19.3. The van der Waals surface area contributed by atoms with E-state index in [1.54, 1.807) is 41.2 Å². The summed E-state index contributed by atoms with van der Waals surface area (Å²) >= 11 is 0. The molecule has 0 unspecified atom stereocenters. The van der Waals surface area contributed by atoms with Crippen LogP contribution in [0.25, 0.3) is 33.3 Å². The fourth-order valence-corrected chi connectivity index (χ4v) is 5.83. The highest BCUT2D eigenvalue weighted by Crippen LogP contribution is 2.46. The van der Waals surface area contributed by atoms with E-state index in [-0.39, 0.29) is 36.9 Å². The number of nitrogens with zero attached hydrogens (tertiary/aromatic N) is 6. The Kier molecular flexibility index (Phi) is 7.27. The number of benzene rings is 3. The van der Waals surface area contributed by atoms with Crippen molar-refractivity contribution in [2.24, 2.45) is 7.05 Å². The lowest BCUT2D eigenvalue weighted by atomic mass is 9.96. The highest BCUT2D eigenvalue weighted by Gasteiger charge is 2.35. The Hall–Kier alpha value is -5.12. The minimum atomic E-state index is -2.85. The van der Waals surface area contributed by atoms with Gasteiger partial charge in [0.05, 0.1) is 29.5 Å². The monoisotopic (exact) mass is 609 g/mol. The number of halogens is 3. The summed E-state index contributed by atoms with van der Waals surface area (Å²) in [5.41, 5.74) is 5.11. The molecule has 9 nitrogen and oxygen atoms in total. The van der Waals surface area contributed by atoms with E-state index >= 15 is 4.39 Å². The van der Waals surface area contributed by atoms with Crippen molar-refractivity contribution in [3.05, 3.63) is 89.1 Å². The van der Waals surface area contributed by atoms with Crippen LogP contribution in [0.4, 0.5) is 24.7 Å². The van der Waals surface area contributed by atoms with E-state index in [9.17, 15) is 18.8 Å². The molecule has 12 heteroatoms. The molecule has 1 aliphatic carbocycles. The molecule has 0 bridgehead atoms. The van der Waals surface area contributed by atoms with Gasteiger partial charge in [-0.3, -0.25) is 9.69 Å². The summed E-state index contributed by atoms with van der Waals surface area (Å²) in [7, 11) is 1.83. The van der Waals surface area contributed by atoms with Crippen LogP contribution < -0.4 is 10.2 Å². The summed E-state index contributed by atoms with van der Waals surface area (Å²) in [6, 6.07) is 17.7. The molecule has 7 rings (SSSR count). The van der Waals surface area contributed by atoms with Crippen molar-refractivity contribution in [1.82, 2.24) is 25.1 Å². The number of alkyl halides is 2. The summed E-state index contributed by atoms with van der Waals surface area (Å²) in [5.74, 6) is 0.420. The molecule has 0 saturated heterocycles. The van der Waals surface area contributed by atoms with Gasteiger partial charge in [0.2, 0.25) is 0 Å². The standard InChI is InChI=1S/C33H26F3N7O2/c1-42-17-39-41-31(42)23-10-18(15-37)2-5-22(23)21-13-27(20-3-4-20)40-29(14-21)43-28-7-6-26(34)24-11-19(12-25(30(24)28)32(43)44)16-38-8-9-45-33(35)36/h2,5-7,10-14,17,20,33,38H,3-4,8-9,16H2,1H3. The van der Waals surface area contributed by atoms with Crippen molar-refractivity contribution in [3.8, 4) is 28.6 Å². The normalized spacial score (nSPS) is 14.1. The van der Waals surface area contributed by atoms with E-state index in [4.69, 9.17) is 4.98 Å². The SMILES string of the molecule is Cn1cnnc1-c1cc(C#N)ccc1-c1cc(C2CC2)nc(N2C(=O)c3cc(CNCCOC(F)F)cc4c(F)ccc2c34)c1. The molecular weight excluding hydrogens is 583 g/mol. The van der Waals surface area contributed by atoms with Crippen LogP contribution >= 0.6 is 0 Å². The molecule has 3 aromatic carbocycles. The third-order valence-corrected chi connectivity index (χ3v) is 8.09.